The molecule has 2 aliphatic rings. The molecule has 8 nitrogen and oxygen atoms in total. The van der Waals surface area contributed by atoms with Crippen molar-refractivity contribution < 1.29 is 18.3 Å². The zero-order valence-electron chi connectivity index (χ0n) is 19.6. The summed E-state index contributed by atoms with van der Waals surface area (Å²) in [7, 11) is 3.79. The number of likely N-dealkylation sites (tertiary alicyclic amines) is 1. The number of rotatable bonds is 5. The van der Waals surface area contributed by atoms with E-state index in [4.69, 9.17) is 4.74 Å². The SMILES string of the molecule is CN1CCC(Oc2ncc(NC(=O)C3=NCCc4cc(F)c(-c5cnn(C)c5)cc43)cc2F)CC1. The number of aliphatic imine (C=N–C) groups is 1. The molecule has 0 unspecified atom stereocenters. The van der Waals surface area contributed by atoms with Crippen molar-refractivity contribution in [3.63, 3.8) is 0 Å². The van der Waals surface area contributed by atoms with Crippen molar-refractivity contribution in [1.29, 1.82) is 0 Å². The summed E-state index contributed by atoms with van der Waals surface area (Å²) in [6.07, 6.45) is 6.67. The number of amides is 1. The monoisotopic (exact) mass is 480 g/mol. The maximum atomic E-state index is 14.8. The van der Waals surface area contributed by atoms with Crippen LogP contribution in [0.3, 0.4) is 0 Å². The highest BCUT2D eigenvalue weighted by molar-refractivity contribution is 6.49. The molecule has 10 heteroatoms. The summed E-state index contributed by atoms with van der Waals surface area (Å²) in [5.74, 6) is -1.62. The second-order valence-corrected chi connectivity index (χ2v) is 8.96. The van der Waals surface area contributed by atoms with Crippen LogP contribution < -0.4 is 10.1 Å². The number of aryl methyl sites for hydroxylation is 1. The predicted octanol–water partition coefficient (Wildman–Crippen LogP) is 3.22. The Labute approximate surface area is 201 Å². The Hall–Kier alpha value is -3.66. The van der Waals surface area contributed by atoms with Gasteiger partial charge in [0.1, 0.15) is 17.6 Å². The topological polar surface area (TPSA) is 84.6 Å². The van der Waals surface area contributed by atoms with E-state index in [2.05, 4.69) is 25.3 Å². The van der Waals surface area contributed by atoms with Crippen molar-refractivity contribution in [2.24, 2.45) is 12.0 Å². The Bertz CT molecular complexity index is 1300. The lowest BCUT2D eigenvalue weighted by atomic mass is 9.93. The van der Waals surface area contributed by atoms with E-state index in [0.29, 0.717) is 35.2 Å². The zero-order chi connectivity index (χ0) is 24.5. The number of nitrogens with zero attached hydrogens (tertiary/aromatic N) is 5. The van der Waals surface area contributed by atoms with E-state index in [-0.39, 0.29) is 29.2 Å². The van der Waals surface area contributed by atoms with Gasteiger partial charge in [0.2, 0.25) is 0 Å². The lowest BCUT2D eigenvalue weighted by Gasteiger charge is -2.29. The number of ether oxygens (including phenoxy) is 1. The number of hydrogen-bond acceptors (Lipinski definition) is 6. The van der Waals surface area contributed by atoms with Gasteiger partial charge < -0.3 is 15.0 Å². The second kappa shape index (κ2) is 9.53. The Kier molecular flexibility index (Phi) is 6.29. The molecule has 1 amide bonds. The first-order chi connectivity index (χ1) is 16.9. The number of fused-ring (bicyclic) bond motifs is 1. The number of carbonyl (C=O) groups is 1. The van der Waals surface area contributed by atoms with Crippen LogP contribution in [0.25, 0.3) is 11.1 Å². The molecule has 0 atom stereocenters. The van der Waals surface area contributed by atoms with E-state index in [1.54, 1.807) is 30.2 Å². The molecule has 1 aromatic carbocycles. The van der Waals surface area contributed by atoms with Gasteiger partial charge in [-0.15, -0.1) is 0 Å². The van der Waals surface area contributed by atoms with Gasteiger partial charge >= 0.3 is 0 Å². The number of halogens is 2. The van der Waals surface area contributed by atoms with Crippen LogP contribution in [0.2, 0.25) is 0 Å². The van der Waals surface area contributed by atoms with E-state index in [9.17, 15) is 13.6 Å². The fourth-order valence-corrected chi connectivity index (χ4v) is 4.42. The molecule has 1 fully saturated rings. The van der Waals surface area contributed by atoms with Gasteiger partial charge in [-0.1, -0.05) is 0 Å². The largest absolute Gasteiger partial charge is 0.472 e. The molecule has 4 heterocycles. The summed E-state index contributed by atoms with van der Waals surface area (Å²) >= 11 is 0. The van der Waals surface area contributed by atoms with Crippen LogP contribution in [0, 0.1) is 11.6 Å². The van der Waals surface area contributed by atoms with Crippen LogP contribution in [0.15, 0.2) is 41.8 Å². The average molecular weight is 481 g/mol. The summed E-state index contributed by atoms with van der Waals surface area (Å²) in [5, 5.41) is 6.76. The molecule has 3 aromatic rings. The van der Waals surface area contributed by atoms with E-state index >= 15 is 0 Å². The molecule has 0 bridgehead atoms. The van der Waals surface area contributed by atoms with Crippen LogP contribution in [0.1, 0.15) is 24.0 Å². The minimum absolute atomic E-state index is 0.0745. The van der Waals surface area contributed by atoms with E-state index in [0.717, 1.165) is 25.9 Å². The third kappa shape index (κ3) is 4.93. The Balaban J connectivity index is 1.33. The molecular weight excluding hydrogens is 454 g/mol. The Morgan fingerprint density at radius 1 is 1.09 bits per heavy atom. The van der Waals surface area contributed by atoms with Crippen LogP contribution >= 0.6 is 0 Å². The standard InChI is InChI=1S/C25H26F2N6O2/c1-32-7-4-18(5-8-32)35-25-22(27)10-17(13-29-25)31-24(34)23-20-11-19(16-12-30-33(2)14-16)21(26)9-15(20)3-6-28-23/h9-14,18H,3-8H2,1-2H3,(H,31,34). The molecule has 0 aliphatic carbocycles. The minimum Gasteiger partial charge on any atom is -0.472 e. The highest BCUT2D eigenvalue weighted by atomic mass is 19.1. The normalized spacial score (nSPS) is 16.5. The molecule has 1 N–H and O–H groups in total. The number of nitrogens with one attached hydrogen (secondary N) is 1. The quantitative estimate of drug-likeness (QED) is 0.606. The van der Waals surface area contributed by atoms with Crippen molar-refractivity contribution in [3.8, 4) is 17.0 Å². The van der Waals surface area contributed by atoms with Gasteiger partial charge in [-0.05, 0) is 44.0 Å². The number of aromatic nitrogens is 3. The summed E-state index contributed by atoms with van der Waals surface area (Å²) in [6.45, 7) is 2.13. The number of carbonyl (C=O) groups excluding carboxylic acids is 1. The maximum Gasteiger partial charge on any atom is 0.274 e. The fourth-order valence-electron chi connectivity index (χ4n) is 4.42. The summed E-state index contributed by atoms with van der Waals surface area (Å²) < 4.78 is 36.8. The van der Waals surface area contributed by atoms with Crippen molar-refractivity contribution in [2.45, 2.75) is 25.4 Å². The van der Waals surface area contributed by atoms with Gasteiger partial charge in [-0.25, -0.2) is 13.8 Å². The molecule has 0 radical (unpaired) electrons. The molecule has 2 aromatic heterocycles. The van der Waals surface area contributed by atoms with Crippen molar-refractivity contribution >= 4 is 17.3 Å². The Morgan fingerprint density at radius 2 is 1.89 bits per heavy atom. The van der Waals surface area contributed by atoms with E-state index < -0.39 is 11.7 Å². The van der Waals surface area contributed by atoms with Crippen LogP contribution in [0.5, 0.6) is 5.88 Å². The molecule has 1 saturated heterocycles. The van der Waals surface area contributed by atoms with Crippen molar-refractivity contribution in [3.05, 3.63) is 59.6 Å². The molecule has 0 spiro atoms. The molecule has 0 saturated carbocycles. The lowest BCUT2D eigenvalue weighted by molar-refractivity contribution is -0.110. The van der Waals surface area contributed by atoms with Gasteiger partial charge in [0.25, 0.3) is 11.8 Å². The van der Waals surface area contributed by atoms with Gasteiger partial charge in [0, 0.05) is 55.6 Å². The first-order valence-corrected chi connectivity index (χ1v) is 11.6. The third-order valence-electron chi connectivity index (χ3n) is 6.34. The summed E-state index contributed by atoms with van der Waals surface area (Å²) in [6, 6.07) is 4.25. The fraction of sp³-hybridized carbons (Fsp3) is 0.360. The number of pyridine rings is 1. The lowest BCUT2D eigenvalue weighted by Crippen LogP contribution is -2.36. The van der Waals surface area contributed by atoms with Gasteiger partial charge in [-0.2, -0.15) is 5.10 Å². The summed E-state index contributed by atoms with van der Waals surface area (Å²) in [4.78, 5) is 23.7. The smallest absolute Gasteiger partial charge is 0.274 e. The number of hydrogen-bond donors (Lipinski definition) is 1. The molecule has 182 valence electrons. The number of piperidine rings is 1. The zero-order valence-corrected chi connectivity index (χ0v) is 19.6. The molecule has 35 heavy (non-hydrogen) atoms. The molecule has 5 rings (SSSR count). The average Bonchev–Trinajstić information content (AvgIpc) is 3.27. The van der Waals surface area contributed by atoms with Gasteiger partial charge in [-0.3, -0.25) is 14.5 Å². The molecule has 2 aliphatic heterocycles. The van der Waals surface area contributed by atoms with Gasteiger partial charge in [0.15, 0.2) is 5.82 Å². The maximum absolute atomic E-state index is 14.8. The molecular formula is C25H26F2N6O2. The van der Waals surface area contributed by atoms with Gasteiger partial charge in [0.05, 0.1) is 18.1 Å². The van der Waals surface area contributed by atoms with Crippen LogP contribution in [0.4, 0.5) is 14.5 Å². The first kappa shape index (κ1) is 23.1. The number of benzene rings is 1. The van der Waals surface area contributed by atoms with Crippen LogP contribution in [-0.4, -0.2) is 64.1 Å². The predicted molar refractivity (Wildman–Crippen MR) is 128 cm³/mol. The van der Waals surface area contributed by atoms with Crippen LogP contribution in [-0.2, 0) is 18.3 Å². The summed E-state index contributed by atoms with van der Waals surface area (Å²) in [5.41, 5.74) is 2.54. The minimum atomic E-state index is -0.645. The highest BCUT2D eigenvalue weighted by Gasteiger charge is 2.25. The third-order valence-corrected chi connectivity index (χ3v) is 6.34. The van der Waals surface area contributed by atoms with Crippen molar-refractivity contribution in [2.75, 3.05) is 32.0 Å². The number of anilines is 1. The van der Waals surface area contributed by atoms with Crippen molar-refractivity contribution in [1.82, 2.24) is 19.7 Å². The van der Waals surface area contributed by atoms with E-state index in [1.807, 2.05) is 7.05 Å². The Morgan fingerprint density at radius 3 is 2.60 bits per heavy atom. The highest BCUT2D eigenvalue weighted by Crippen LogP contribution is 2.29. The van der Waals surface area contributed by atoms with E-state index in [1.165, 1.54) is 18.3 Å². The second-order valence-electron chi connectivity index (χ2n) is 8.96. The first-order valence-electron chi connectivity index (χ1n) is 11.6.